The lowest BCUT2D eigenvalue weighted by Gasteiger charge is -2.10. The SMILES string of the molecule is CCCCC(O)c1cc(O)c(C(=O)CC)c(=O)o1. The first-order valence-electron chi connectivity index (χ1n) is 6.09. The fourth-order valence-electron chi connectivity index (χ4n) is 1.64. The van der Waals surface area contributed by atoms with Crippen LogP contribution in [0.25, 0.3) is 0 Å². The van der Waals surface area contributed by atoms with Gasteiger partial charge in [-0.3, -0.25) is 4.79 Å². The average molecular weight is 254 g/mol. The third kappa shape index (κ3) is 3.20. The molecule has 5 nitrogen and oxygen atoms in total. The predicted molar refractivity (Wildman–Crippen MR) is 65.7 cm³/mol. The maximum Gasteiger partial charge on any atom is 0.350 e. The predicted octanol–water partition coefficient (Wildman–Crippen LogP) is 2.16. The van der Waals surface area contributed by atoms with Gasteiger partial charge < -0.3 is 14.6 Å². The molecule has 1 unspecified atom stereocenters. The van der Waals surface area contributed by atoms with Crippen molar-refractivity contribution in [3.63, 3.8) is 0 Å². The Morgan fingerprint density at radius 2 is 2.11 bits per heavy atom. The van der Waals surface area contributed by atoms with Crippen molar-refractivity contribution >= 4 is 5.78 Å². The van der Waals surface area contributed by atoms with Gasteiger partial charge in [0.2, 0.25) is 0 Å². The van der Waals surface area contributed by atoms with E-state index in [0.717, 1.165) is 18.9 Å². The van der Waals surface area contributed by atoms with Crippen molar-refractivity contribution < 1.29 is 19.4 Å². The van der Waals surface area contributed by atoms with Crippen molar-refractivity contribution in [1.82, 2.24) is 0 Å². The van der Waals surface area contributed by atoms with Crippen LogP contribution in [-0.4, -0.2) is 16.0 Å². The lowest BCUT2D eigenvalue weighted by atomic mass is 10.1. The summed E-state index contributed by atoms with van der Waals surface area (Å²) in [6.45, 7) is 3.56. The van der Waals surface area contributed by atoms with Gasteiger partial charge >= 0.3 is 5.63 Å². The molecular formula is C13H18O5. The van der Waals surface area contributed by atoms with E-state index in [4.69, 9.17) is 4.42 Å². The topological polar surface area (TPSA) is 87.7 Å². The number of ketones is 1. The van der Waals surface area contributed by atoms with E-state index in [-0.39, 0.29) is 17.7 Å². The average Bonchev–Trinajstić information content (AvgIpc) is 2.34. The summed E-state index contributed by atoms with van der Waals surface area (Å²) in [5.41, 5.74) is -1.24. The van der Waals surface area contributed by atoms with Crippen LogP contribution >= 0.6 is 0 Å². The van der Waals surface area contributed by atoms with Gasteiger partial charge in [0.15, 0.2) is 5.78 Å². The van der Waals surface area contributed by atoms with Gasteiger partial charge in [-0.1, -0.05) is 26.7 Å². The molecule has 0 fully saturated rings. The van der Waals surface area contributed by atoms with Gasteiger partial charge in [0.25, 0.3) is 0 Å². The molecule has 0 aliphatic rings. The van der Waals surface area contributed by atoms with Crippen LogP contribution in [0.1, 0.15) is 61.8 Å². The summed E-state index contributed by atoms with van der Waals surface area (Å²) in [5.74, 6) is -0.905. The van der Waals surface area contributed by atoms with Crippen LogP contribution in [0.3, 0.4) is 0 Å². The molecule has 2 N–H and O–H groups in total. The number of hydrogen-bond donors (Lipinski definition) is 2. The number of rotatable bonds is 6. The lowest BCUT2D eigenvalue weighted by molar-refractivity contribution is 0.0975. The van der Waals surface area contributed by atoms with E-state index in [0.29, 0.717) is 6.42 Å². The summed E-state index contributed by atoms with van der Waals surface area (Å²) in [6.07, 6.45) is 1.30. The Balaban J connectivity index is 3.06. The van der Waals surface area contributed by atoms with Crippen LogP contribution in [0.5, 0.6) is 5.75 Å². The Morgan fingerprint density at radius 3 is 2.61 bits per heavy atom. The molecule has 0 amide bonds. The van der Waals surface area contributed by atoms with Crippen LogP contribution in [0.4, 0.5) is 0 Å². The molecule has 5 heteroatoms. The van der Waals surface area contributed by atoms with E-state index in [1.165, 1.54) is 0 Å². The fourth-order valence-corrected chi connectivity index (χ4v) is 1.64. The zero-order chi connectivity index (χ0) is 13.7. The summed E-state index contributed by atoms with van der Waals surface area (Å²) < 4.78 is 4.88. The molecular weight excluding hydrogens is 236 g/mol. The van der Waals surface area contributed by atoms with E-state index in [1.54, 1.807) is 6.92 Å². The number of carbonyl (C=O) groups excluding carboxylic acids is 1. The summed E-state index contributed by atoms with van der Waals surface area (Å²) in [4.78, 5) is 23.0. The number of aliphatic hydroxyl groups excluding tert-OH is 1. The highest BCUT2D eigenvalue weighted by atomic mass is 16.4. The third-order valence-corrected chi connectivity index (χ3v) is 2.71. The summed E-state index contributed by atoms with van der Waals surface area (Å²) in [7, 11) is 0. The third-order valence-electron chi connectivity index (χ3n) is 2.71. The van der Waals surface area contributed by atoms with Gasteiger partial charge in [-0.15, -0.1) is 0 Å². The Bertz CT molecular complexity index is 475. The van der Waals surface area contributed by atoms with E-state index in [2.05, 4.69) is 0 Å². The number of aromatic hydroxyl groups is 1. The molecule has 100 valence electrons. The molecule has 1 aromatic heterocycles. The number of Topliss-reactive ketones (excluding diaryl/α,β-unsaturated/α-hetero) is 1. The highest BCUT2D eigenvalue weighted by Crippen LogP contribution is 2.23. The molecule has 0 aliphatic carbocycles. The first-order chi connectivity index (χ1) is 8.51. The second-order valence-electron chi connectivity index (χ2n) is 4.13. The molecule has 1 heterocycles. The molecule has 0 aliphatic heterocycles. The molecule has 0 aromatic carbocycles. The molecule has 1 aromatic rings. The number of hydrogen-bond acceptors (Lipinski definition) is 5. The maximum absolute atomic E-state index is 11.6. The largest absolute Gasteiger partial charge is 0.507 e. The fraction of sp³-hybridized carbons (Fsp3) is 0.538. The monoisotopic (exact) mass is 254 g/mol. The summed E-state index contributed by atoms with van der Waals surface area (Å²) >= 11 is 0. The molecule has 0 radical (unpaired) electrons. The summed E-state index contributed by atoms with van der Waals surface area (Å²) in [6, 6.07) is 1.14. The van der Waals surface area contributed by atoms with Crippen molar-refractivity contribution in [3.05, 3.63) is 27.8 Å². The van der Waals surface area contributed by atoms with Gasteiger partial charge in [0.1, 0.15) is 23.2 Å². The van der Waals surface area contributed by atoms with Gasteiger partial charge in [0, 0.05) is 12.5 Å². The second kappa shape index (κ2) is 6.35. The van der Waals surface area contributed by atoms with Crippen LogP contribution in [0, 0.1) is 0 Å². The zero-order valence-electron chi connectivity index (χ0n) is 10.6. The number of aliphatic hydroxyl groups is 1. The minimum Gasteiger partial charge on any atom is -0.507 e. The quantitative estimate of drug-likeness (QED) is 0.759. The van der Waals surface area contributed by atoms with E-state index in [9.17, 15) is 19.8 Å². The van der Waals surface area contributed by atoms with E-state index in [1.807, 2.05) is 6.92 Å². The van der Waals surface area contributed by atoms with Crippen molar-refractivity contribution in [2.45, 2.75) is 45.6 Å². The van der Waals surface area contributed by atoms with E-state index < -0.39 is 23.3 Å². The Labute approximate surface area is 105 Å². The molecule has 0 saturated carbocycles. The molecule has 1 rings (SSSR count). The minimum atomic E-state index is -0.936. The van der Waals surface area contributed by atoms with Gasteiger partial charge in [-0.2, -0.15) is 0 Å². The van der Waals surface area contributed by atoms with Crippen LogP contribution in [0.15, 0.2) is 15.3 Å². The Hall–Kier alpha value is -1.62. The van der Waals surface area contributed by atoms with Gasteiger partial charge in [0.05, 0.1) is 0 Å². The molecule has 1 atom stereocenters. The smallest absolute Gasteiger partial charge is 0.350 e. The molecule has 0 spiro atoms. The Kier molecular flexibility index (Phi) is 5.09. The summed E-state index contributed by atoms with van der Waals surface area (Å²) in [5, 5.41) is 19.4. The Morgan fingerprint density at radius 1 is 1.44 bits per heavy atom. The number of carbonyl (C=O) groups is 1. The second-order valence-corrected chi connectivity index (χ2v) is 4.13. The standard InChI is InChI=1S/C13H18O5/c1-3-5-6-9(15)11-7-10(16)12(8(14)4-2)13(17)18-11/h7,9,15-16H,3-6H2,1-2H3. The van der Waals surface area contributed by atoms with Crippen LogP contribution in [-0.2, 0) is 0 Å². The minimum absolute atomic E-state index is 0.00129. The van der Waals surface area contributed by atoms with Crippen molar-refractivity contribution in [3.8, 4) is 5.75 Å². The highest BCUT2D eigenvalue weighted by Gasteiger charge is 2.20. The molecule has 0 bridgehead atoms. The van der Waals surface area contributed by atoms with Crippen molar-refractivity contribution in [2.24, 2.45) is 0 Å². The van der Waals surface area contributed by atoms with Crippen molar-refractivity contribution in [2.75, 3.05) is 0 Å². The molecule has 0 saturated heterocycles. The van der Waals surface area contributed by atoms with Crippen LogP contribution < -0.4 is 5.63 Å². The number of unbranched alkanes of at least 4 members (excludes halogenated alkanes) is 1. The maximum atomic E-state index is 11.6. The van der Waals surface area contributed by atoms with Crippen molar-refractivity contribution in [1.29, 1.82) is 0 Å². The van der Waals surface area contributed by atoms with Crippen LogP contribution in [0.2, 0.25) is 0 Å². The lowest BCUT2D eigenvalue weighted by Crippen LogP contribution is -2.15. The van der Waals surface area contributed by atoms with Gasteiger partial charge in [-0.25, -0.2) is 4.79 Å². The normalized spacial score (nSPS) is 12.4. The van der Waals surface area contributed by atoms with E-state index >= 15 is 0 Å². The first-order valence-corrected chi connectivity index (χ1v) is 6.09. The zero-order valence-corrected chi connectivity index (χ0v) is 10.6. The van der Waals surface area contributed by atoms with Gasteiger partial charge in [-0.05, 0) is 6.42 Å². The first kappa shape index (κ1) is 14.4. The molecule has 18 heavy (non-hydrogen) atoms. The highest BCUT2D eigenvalue weighted by molar-refractivity contribution is 5.97.